The summed E-state index contributed by atoms with van der Waals surface area (Å²) in [6.07, 6.45) is 2.11. The minimum absolute atomic E-state index is 0.213. The van der Waals surface area contributed by atoms with Crippen molar-refractivity contribution >= 4 is 17.1 Å². The molecule has 1 aliphatic heterocycles. The molecule has 2 heterocycles. The summed E-state index contributed by atoms with van der Waals surface area (Å²) in [5.74, 6) is 0. The average Bonchev–Trinajstić information content (AvgIpc) is 3.18. The largest absolute Gasteiger partial charge is 0.423 e. The van der Waals surface area contributed by atoms with Crippen LogP contribution in [0.3, 0.4) is 0 Å². The van der Waals surface area contributed by atoms with E-state index >= 15 is 0 Å². The number of nitrogens with zero attached hydrogens (tertiary/aromatic N) is 2. The summed E-state index contributed by atoms with van der Waals surface area (Å²) in [5.41, 5.74) is 4.28. The van der Waals surface area contributed by atoms with Gasteiger partial charge in [0.05, 0.1) is 13.2 Å². The number of ether oxygens (including phenoxy) is 1. The van der Waals surface area contributed by atoms with Crippen LogP contribution in [0.2, 0.25) is 0 Å². The molecular weight excluding hydrogens is 288 g/mol. The Balaban J connectivity index is 1.52. The van der Waals surface area contributed by atoms with Gasteiger partial charge in [0.2, 0.25) is 0 Å². The van der Waals surface area contributed by atoms with Crippen molar-refractivity contribution in [1.82, 2.24) is 4.98 Å². The second kappa shape index (κ2) is 4.83. The van der Waals surface area contributed by atoms with Gasteiger partial charge in [0, 0.05) is 6.54 Å². The molecule has 2 aromatic carbocycles. The first-order valence-corrected chi connectivity index (χ1v) is 8.17. The minimum atomic E-state index is -0.213. The van der Waals surface area contributed by atoms with Crippen LogP contribution in [-0.4, -0.2) is 24.7 Å². The summed E-state index contributed by atoms with van der Waals surface area (Å²) < 4.78 is 12.2. The third-order valence-electron chi connectivity index (χ3n) is 5.05. The number of aryl methyl sites for hydroxylation is 1. The Bertz CT molecular complexity index is 835. The van der Waals surface area contributed by atoms with Crippen LogP contribution in [0, 0.1) is 0 Å². The molecule has 116 valence electrons. The van der Waals surface area contributed by atoms with Crippen molar-refractivity contribution in [3.63, 3.8) is 0 Å². The maximum Gasteiger partial charge on any atom is 0.298 e. The molecule has 1 atom stereocenters. The molecular formula is C19H18N2O2. The van der Waals surface area contributed by atoms with Gasteiger partial charge in [0.1, 0.15) is 11.1 Å². The quantitative estimate of drug-likeness (QED) is 0.689. The van der Waals surface area contributed by atoms with Crippen LogP contribution in [0.25, 0.3) is 11.1 Å². The van der Waals surface area contributed by atoms with Gasteiger partial charge in [-0.1, -0.05) is 36.4 Å². The molecule has 1 unspecified atom stereocenters. The van der Waals surface area contributed by atoms with Gasteiger partial charge in [-0.2, -0.15) is 4.98 Å². The van der Waals surface area contributed by atoms with E-state index in [4.69, 9.17) is 9.15 Å². The van der Waals surface area contributed by atoms with Crippen molar-refractivity contribution in [3.8, 4) is 0 Å². The first-order valence-electron chi connectivity index (χ1n) is 8.17. The van der Waals surface area contributed by atoms with E-state index < -0.39 is 0 Å². The van der Waals surface area contributed by atoms with E-state index in [2.05, 4.69) is 34.1 Å². The standard InChI is InChI=1S/C19H18N2O2/c1-2-6-15-14(5-1)9-10-19(15)13-21(11-12-22-19)18-20-16-7-3-4-8-17(16)23-18/h1-8H,9-13H2. The summed E-state index contributed by atoms with van der Waals surface area (Å²) in [5, 5.41) is 0. The predicted octanol–water partition coefficient (Wildman–Crippen LogP) is 3.51. The lowest BCUT2D eigenvalue weighted by atomic mass is 9.94. The van der Waals surface area contributed by atoms with Crippen LogP contribution in [0.15, 0.2) is 52.9 Å². The Morgan fingerprint density at radius 2 is 1.91 bits per heavy atom. The van der Waals surface area contributed by atoms with E-state index in [1.807, 2.05) is 24.3 Å². The molecule has 3 aromatic rings. The van der Waals surface area contributed by atoms with E-state index in [1.165, 1.54) is 11.1 Å². The summed E-state index contributed by atoms with van der Waals surface area (Å²) in [6.45, 7) is 2.32. The molecule has 0 N–H and O–H groups in total. The van der Waals surface area contributed by atoms with Gasteiger partial charge in [-0.15, -0.1) is 0 Å². The van der Waals surface area contributed by atoms with Crippen molar-refractivity contribution in [1.29, 1.82) is 0 Å². The Morgan fingerprint density at radius 3 is 2.87 bits per heavy atom. The number of oxazole rings is 1. The van der Waals surface area contributed by atoms with E-state index in [0.29, 0.717) is 12.6 Å². The maximum atomic E-state index is 6.27. The molecule has 2 aliphatic rings. The van der Waals surface area contributed by atoms with Gasteiger partial charge in [-0.25, -0.2) is 0 Å². The fraction of sp³-hybridized carbons (Fsp3) is 0.316. The van der Waals surface area contributed by atoms with E-state index in [-0.39, 0.29) is 5.60 Å². The minimum Gasteiger partial charge on any atom is -0.423 e. The number of hydrogen-bond acceptors (Lipinski definition) is 4. The van der Waals surface area contributed by atoms with Crippen LogP contribution < -0.4 is 4.90 Å². The third-order valence-corrected chi connectivity index (χ3v) is 5.05. The molecule has 0 amide bonds. The van der Waals surface area contributed by atoms with Crippen molar-refractivity contribution in [3.05, 3.63) is 59.7 Å². The Kier molecular flexibility index (Phi) is 2.76. The first kappa shape index (κ1) is 13.1. The number of aromatic nitrogens is 1. The molecule has 0 radical (unpaired) electrons. The molecule has 1 aromatic heterocycles. The van der Waals surface area contributed by atoms with E-state index in [9.17, 15) is 0 Å². The Labute approximate surface area is 134 Å². The lowest BCUT2D eigenvalue weighted by Crippen LogP contribution is -2.49. The smallest absolute Gasteiger partial charge is 0.298 e. The van der Waals surface area contributed by atoms with Crippen molar-refractivity contribution in [2.45, 2.75) is 18.4 Å². The highest BCUT2D eigenvalue weighted by Crippen LogP contribution is 2.43. The number of anilines is 1. The number of fused-ring (bicyclic) bond motifs is 3. The molecule has 23 heavy (non-hydrogen) atoms. The highest BCUT2D eigenvalue weighted by atomic mass is 16.5. The van der Waals surface area contributed by atoms with Gasteiger partial charge in [0.25, 0.3) is 6.01 Å². The highest BCUT2D eigenvalue weighted by molar-refractivity contribution is 5.74. The molecule has 4 nitrogen and oxygen atoms in total. The normalized spacial score (nSPS) is 23.6. The van der Waals surface area contributed by atoms with E-state index in [0.717, 1.165) is 37.0 Å². The number of rotatable bonds is 1. The van der Waals surface area contributed by atoms with Gasteiger partial charge < -0.3 is 14.1 Å². The first-order chi connectivity index (χ1) is 11.3. The molecule has 1 spiro atoms. The molecule has 1 aliphatic carbocycles. The molecule has 4 heteroatoms. The molecule has 0 saturated carbocycles. The van der Waals surface area contributed by atoms with E-state index in [1.54, 1.807) is 0 Å². The van der Waals surface area contributed by atoms with Gasteiger partial charge >= 0.3 is 0 Å². The number of morpholine rings is 1. The topological polar surface area (TPSA) is 38.5 Å². The lowest BCUT2D eigenvalue weighted by Gasteiger charge is -2.40. The molecule has 1 fully saturated rings. The number of benzene rings is 2. The zero-order chi connectivity index (χ0) is 15.3. The second-order valence-electron chi connectivity index (χ2n) is 6.39. The second-order valence-corrected chi connectivity index (χ2v) is 6.39. The monoisotopic (exact) mass is 306 g/mol. The molecule has 1 saturated heterocycles. The fourth-order valence-corrected chi connectivity index (χ4v) is 3.91. The van der Waals surface area contributed by atoms with Crippen LogP contribution in [-0.2, 0) is 16.8 Å². The third kappa shape index (κ3) is 1.98. The zero-order valence-corrected chi connectivity index (χ0v) is 12.9. The van der Waals surface area contributed by atoms with Gasteiger partial charge in [-0.3, -0.25) is 0 Å². The Hall–Kier alpha value is -2.33. The summed E-state index contributed by atoms with van der Waals surface area (Å²) in [6, 6.07) is 17.3. The summed E-state index contributed by atoms with van der Waals surface area (Å²) in [4.78, 5) is 6.88. The predicted molar refractivity (Wildman–Crippen MR) is 88.6 cm³/mol. The van der Waals surface area contributed by atoms with Crippen molar-refractivity contribution in [2.24, 2.45) is 0 Å². The van der Waals surface area contributed by atoms with Gasteiger partial charge in [-0.05, 0) is 36.1 Å². The maximum absolute atomic E-state index is 6.27. The van der Waals surface area contributed by atoms with Crippen LogP contribution >= 0.6 is 0 Å². The summed E-state index contributed by atoms with van der Waals surface area (Å²) >= 11 is 0. The lowest BCUT2D eigenvalue weighted by molar-refractivity contribution is -0.0603. The number of para-hydroxylation sites is 2. The van der Waals surface area contributed by atoms with Crippen LogP contribution in [0.5, 0.6) is 0 Å². The van der Waals surface area contributed by atoms with Crippen molar-refractivity contribution < 1.29 is 9.15 Å². The zero-order valence-electron chi connectivity index (χ0n) is 12.9. The molecule has 5 rings (SSSR count). The molecule has 0 bridgehead atoms. The van der Waals surface area contributed by atoms with Gasteiger partial charge in [0.15, 0.2) is 5.58 Å². The van der Waals surface area contributed by atoms with Crippen LogP contribution in [0.1, 0.15) is 17.5 Å². The average molecular weight is 306 g/mol. The highest BCUT2D eigenvalue weighted by Gasteiger charge is 2.44. The SMILES string of the molecule is c1ccc2c(c1)CCC21CN(c2nc3ccccc3o2)CCO1. The summed E-state index contributed by atoms with van der Waals surface area (Å²) in [7, 11) is 0. The Morgan fingerprint density at radius 1 is 1.04 bits per heavy atom. The van der Waals surface area contributed by atoms with Crippen LogP contribution in [0.4, 0.5) is 6.01 Å². The van der Waals surface area contributed by atoms with Crippen molar-refractivity contribution in [2.75, 3.05) is 24.6 Å². The number of hydrogen-bond donors (Lipinski definition) is 0. The fourth-order valence-electron chi connectivity index (χ4n) is 3.91.